The zero-order valence-corrected chi connectivity index (χ0v) is 10.4. The van der Waals surface area contributed by atoms with Crippen LogP contribution in [0.5, 0.6) is 0 Å². The van der Waals surface area contributed by atoms with E-state index in [0.29, 0.717) is 6.42 Å². The summed E-state index contributed by atoms with van der Waals surface area (Å²) in [5, 5.41) is 9.36. The van der Waals surface area contributed by atoms with Gasteiger partial charge in [-0.3, -0.25) is 4.79 Å². The van der Waals surface area contributed by atoms with Gasteiger partial charge in [-0.05, 0) is 42.9 Å². The Labute approximate surface area is 107 Å². The van der Waals surface area contributed by atoms with Crippen LogP contribution in [-0.2, 0) is 11.2 Å². The van der Waals surface area contributed by atoms with Gasteiger partial charge in [0.1, 0.15) is 5.82 Å². The fourth-order valence-corrected chi connectivity index (χ4v) is 2.91. The third-order valence-electron chi connectivity index (χ3n) is 3.88. The Kier molecular flexibility index (Phi) is 4.34. The van der Waals surface area contributed by atoms with Crippen LogP contribution in [-0.4, -0.2) is 11.1 Å². The number of hydrogen-bond acceptors (Lipinski definition) is 1. The van der Waals surface area contributed by atoms with Crippen molar-refractivity contribution in [1.29, 1.82) is 0 Å². The van der Waals surface area contributed by atoms with Gasteiger partial charge in [0.05, 0.1) is 5.92 Å². The Morgan fingerprint density at radius 2 is 2.06 bits per heavy atom. The van der Waals surface area contributed by atoms with Gasteiger partial charge < -0.3 is 5.11 Å². The second kappa shape index (κ2) is 5.98. The smallest absolute Gasteiger partial charge is 0.307 e. The van der Waals surface area contributed by atoms with Gasteiger partial charge in [-0.1, -0.05) is 31.4 Å². The molecule has 0 aliphatic heterocycles. The molecule has 1 unspecified atom stereocenters. The molecular formula is C15H19FO2. The molecule has 1 aliphatic carbocycles. The zero-order valence-electron chi connectivity index (χ0n) is 10.4. The van der Waals surface area contributed by atoms with Gasteiger partial charge in [0.2, 0.25) is 0 Å². The highest BCUT2D eigenvalue weighted by atomic mass is 19.1. The second-order valence-corrected chi connectivity index (χ2v) is 5.18. The molecule has 1 fully saturated rings. The van der Waals surface area contributed by atoms with E-state index < -0.39 is 5.97 Å². The van der Waals surface area contributed by atoms with E-state index in [1.807, 2.05) is 6.07 Å². The van der Waals surface area contributed by atoms with Gasteiger partial charge in [-0.15, -0.1) is 0 Å². The number of carboxylic acids is 1. The summed E-state index contributed by atoms with van der Waals surface area (Å²) in [6.07, 6.45) is 5.88. The number of halogens is 1. The molecule has 0 heterocycles. The quantitative estimate of drug-likeness (QED) is 0.885. The molecule has 1 atom stereocenters. The first-order chi connectivity index (χ1) is 8.66. The molecule has 98 valence electrons. The van der Waals surface area contributed by atoms with Gasteiger partial charge >= 0.3 is 5.97 Å². The van der Waals surface area contributed by atoms with Crippen molar-refractivity contribution in [2.45, 2.75) is 38.5 Å². The molecule has 3 heteroatoms. The van der Waals surface area contributed by atoms with Crippen LogP contribution in [0.15, 0.2) is 24.3 Å². The highest BCUT2D eigenvalue weighted by molar-refractivity contribution is 5.70. The van der Waals surface area contributed by atoms with Gasteiger partial charge in [-0.25, -0.2) is 4.39 Å². The van der Waals surface area contributed by atoms with E-state index in [2.05, 4.69) is 0 Å². The van der Waals surface area contributed by atoms with E-state index in [4.69, 9.17) is 0 Å². The summed E-state index contributed by atoms with van der Waals surface area (Å²) < 4.78 is 13.1. The molecule has 1 aliphatic rings. The van der Waals surface area contributed by atoms with Crippen LogP contribution in [0.4, 0.5) is 4.39 Å². The van der Waals surface area contributed by atoms with Crippen molar-refractivity contribution in [3.8, 4) is 0 Å². The number of benzene rings is 1. The highest BCUT2D eigenvalue weighted by Gasteiger charge is 2.29. The first-order valence-electron chi connectivity index (χ1n) is 6.64. The van der Waals surface area contributed by atoms with E-state index in [1.165, 1.54) is 18.6 Å². The van der Waals surface area contributed by atoms with Gasteiger partial charge in [-0.2, -0.15) is 0 Å². The van der Waals surface area contributed by atoms with Gasteiger partial charge in [0.15, 0.2) is 0 Å². The van der Waals surface area contributed by atoms with Crippen molar-refractivity contribution in [2.75, 3.05) is 0 Å². The average Bonchev–Trinajstić information content (AvgIpc) is 2.37. The molecule has 1 saturated carbocycles. The number of rotatable bonds is 4. The molecule has 1 N–H and O–H groups in total. The monoisotopic (exact) mass is 250 g/mol. The maximum absolute atomic E-state index is 13.1. The molecule has 2 nitrogen and oxygen atoms in total. The second-order valence-electron chi connectivity index (χ2n) is 5.18. The Bertz CT molecular complexity index is 411. The molecule has 0 bridgehead atoms. The number of aliphatic carboxylic acids is 1. The Hall–Kier alpha value is -1.38. The molecule has 0 radical (unpaired) electrons. The number of carboxylic acid groups (broad SMARTS) is 1. The first-order valence-corrected chi connectivity index (χ1v) is 6.64. The minimum absolute atomic E-state index is 0.250. The number of hydrogen-bond donors (Lipinski definition) is 1. The third-order valence-corrected chi connectivity index (χ3v) is 3.88. The molecule has 2 rings (SSSR count). The zero-order chi connectivity index (χ0) is 13.0. The van der Waals surface area contributed by atoms with Crippen molar-refractivity contribution in [2.24, 2.45) is 11.8 Å². The Morgan fingerprint density at radius 1 is 1.33 bits per heavy atom. The lowest BCUT2D eigenvalue weighted by Gasteiger charge is -2.27. The molecular weight excluding hydrogens is 231 g/mol. The maximum atomic E-state index is 13.1. The van der Waals surface area contributed by atoms with Gasteiger partial charge in [0.25, 0.3) is 0 Å². The summed E-state index contributed by atoms with van der Waals surface area (Å²) in [5.74, 6) is -1.15. The summed E-state index contributed by atoms with van der Waals surface area (Å²) in [5.41, 5.74) is 0.785. The van der Waals surface area contributed by atoms with Crippen LogP contribution in [0, 0.1) is 17.7 Å². The molecule has 1 aromatic rings. The standard InChI is InChI=1S/C15H19FO2/c16-13-8-4-5-11(9-13)10-14(15(17)18)12-6-2-1-3-7-12/h4-5,8-9,12,14H,1-3,6-7,10H2,(H,17,18). The minimum Gasteiger partial charge on any atom is -0.481 e. The van der Waals surface area contributed by atoms with Crippen LogP contribution in [0.25, 0.3) is 0 Å². The Balaban J connectivity index is 2.08. The largest absolute Gasteiger partial charge is 0.481 e. The fourth-order valence-electron chi connectivity index (χ4n) is 2.91. The predicted octanol–water partition coefficient (Wildman–Crippen LogP) is 3.65. The first kappa shape index (κ1) is 13.1. The van der Waals surface area contributed by atoms with Crippen LogP contribution in [0.2, 0.25) is 0 Å². The minimum atomic E-state index is -0.744. The van der Waals surface area contributed by atoms with Crippen molar-refractivity contribution < 1.29 is 14.3 Å². The molecule has 1 aromatic carbocycles. The van der Waals surface area contributed by atoms with E-state index >= 15 is 0 Å². The van der Waals surface area contributed by atoms with Crippen molar-refractivity contribution >= 4 is 5.97 Å². The topological polar surface area (TPSA) is 37.3 Å². The maximum Gasteiger partial charge on any atom is 0.307 e. The van der Waals surface area contributed by atoms with E-state index in [9.17, 15) is 14.3 Å². The summed E-state index contributed by atoms with van der Waals surface area (Å²) in [6.45, 7) is 0. The van der Waals surface area contributed by atoms with Crippen molar-refractivity contribution in [3.05, 3.63) is 35.6 Å². The predicted molar refractivity (Wildman–Crippen MR) is 67.8 cm³/mol. The molecule has 0 spiro atoms. The lowest BCUT2D eigenvalue weighted by Crippen LogP contribution is -2.27. The summed E-state index contributed by atoms with van der Waals surface area (Å²) in [6, 6.07) is 6.28. The van der Waals surface area contributed by atoms with Crippen LogP contribution >= 0.6 is 0 Å². The summed E-state index contributed by atoms with van der Waals surface area (Å²) in [4.78, 5) is 11.4. The van der Waals surface area contributed by atoms with Crippen molar-refractivity contribution in [3.63, 3.8) is 0 Å². The van der Waals surface area contributed by atoms with E-state index in [0.717, 1.165) is 31.2 Å². The van der Waals surface area contributed by atoms with Gasteiger partial charge in [0, 0.05) is 0 Å². The molecule has 0 aromatic heterocycles. The lowest BCUT2D eigenvalue weighted by molar-refractivity contribution is -0.144. The molecule has 0 amide bonds. The summed E-state index contributed by atoms with van der Waals surface area (Å²) >= 11 is 0. The molecule has 18 heavy (non-hydrogen) atoms. The van der Waals surface area contributed by atoms with E-state index in [1.54, 1.807) is 6.07 Å². The van der Waals surface area contributed by atoms with Crippen LogP contribution in [0.1, 0.15) is 37.7 Å². The third kappa shape index (κ3) is 3.31. The fraction of sp³-hybridized carbons (Fsp3) is 0.533. The highest BCUT2D eigenvalue weighted by Crippen LogP contribution is 2.32. The Morgan fingerprint density at radius 3 is 2.67 bits per heavy atom. The number of carbonyl (C=O) groups is 1. The van der Waals surface area contributed by atoms with E-state index in [-0.39, 0.29) is 17.7 Å². The lowest BCUT2D eigenvalue weighted by atomic mass is 9.77. The van der Waals surface area contributed by atoms with Crippen LogP contribution in [0.3, 0.4) is 0 Å². The van der Waals surface area contributed by atoms with Crippen molar-refractivity contribution in [1.82, 2.24) is 0 Å². The SMILES string of the molecule is O=C(O)C(Cc1cccc(F)c1)C1CCCCC1. The normalized spacial score (nSPS) is 18.5. The summed E-state index contributed by atoms with van der Waals surface area (Å²) in [7, 11) is 0. The molecule has 0 saturated heterocycles. The average molecular weight is 250 g/mol. The van der Waals surface area contributed by atoms with Crippen LogP contribution < -0.4 is 0 Å².